The van der Waals surface area contributed by atoms with Crippen molar-refractivity contribution in [2.45, 2.75) is 0 Å². The van der Waals surface area contributed by atoms with E-state index in [1.165, 1.54) is 0 Å². The molecular weight excluding hydrogens is 302 g/mol. The van der Waals surface area contributed by atoms with Gasteiger partial charge in [-0.1, -0.05) is 18.2 Å². The van der Waals surface area contributed by atoms with Gasteiger partial charge in [-0.25, -0.2) is 9.50 Å². The van der Waals surface area contributed by atoms with E-state index >= 15 is 0 Å². The SMILES string of the molecule is CN(C)CCNc1cc(-c2cc3ccccc3o2)c2nccn2n1. The molecule has 0 radical (unpaired) electrons. The Hall–Kier alpha value is -2.86. The molecule has 122 valence electrons. The van der Waals surface area contributed by atoms with Crippen LogP contribution >= 0.6 is 0 Å². The first-order valence-electron chi connectivity index (χ1n) is 7.93. The fraction of sp³-hybridized carbons (Fsp3) is 0.222. The lowest BCUT2D eigenvalue weighted by Crippen LogP contribution is -2.21. The zero-order valence-corrected chi connectivity index (χ0v) is 13.7. The summed E-state index contributed by atoms with van der Waals surface area (Å²) in [7, 11) is 4.10. The number of rotatable bonds is 5. The van der Waals surface area contributed by atoms with Gasteiger partial charge >= 0.3 is 0 Å². The van der Waals surface area contributed by atoms with E-state index in [9.17, 15) is 0 Å². The lowest BCUT2D eigenvalue weighted by molar-refractivity contribution is 0.425. The Morgan fingerprint density at radius 2 is 2.08 bits per heavy atom. The molecule has 1 aromatic carbocycles. The molecular formula is C18H19N5O. The minimum Gasteiger partial charge on any atom is -0.456 e. The van der Waals surface area contributed by atoms with Gasteiger partial charge < -0.3 is 14.6 Å². The Balaban J connectivity index is 1.76. The first-order valence-corrected chi connectivity index (χ1v) is 7.93. The van der Waals surface area contributed by atoms with Crippen LogP contribution in [0.15, 0.2) is 53.2 Å². The number of hydrogen-bond donors (Lipinski definition) is 1. The average Bonchev–Trinajstić information content (AvgIpc) is 3.20. The Morgan fingerprint density at radius 3 is 2.92 bits per heavy atom. The highest BCUT2D eigenvalue weighted by molar-refractivity contribution is 5.86. The molecule has 4 aromatic rings. The summed E-state index contributed by atoms with van der Waals surface area (Å²) in [6, 6.07) is 12.0. The average molecular weight is 321 g/mol. The molecule has 0 atom stereocenters. The van der Waals surface area contributed by atoms with Crippen LogP contribution in [0.1, 0.15) is 0 Å². The summed E-state index contributed by atoms with van der Waals surface area (Å²) >= 11 is 0. The highest BCUT2D eigenvalue weighted by atomic mass is 16.3. The maximum atomic E-state index is 6.01. The van der Waals surface area contributed by atoms with E-state index in [1.807, 2.05) is 56.7 Å². The Kier molecular flexibility index (Phi) is 3.66. The van der Waals surface area contributed by atoms with Gasteiger partial charge in [0.1, 0.15) is 17.2 Å². The minimum atomic E-state index is 0.784. The number of nitrogens with one attached hydrogen (secondary N) is 1. The van der Waals surface area contributed by atoms with Crippen molar-refractivity contribution in [1.29, 1.82) is 0 Å². The Morgan fingerprint density at radius 1 is 1.21 bits per heavy atom. The van der Waals surface area contributed by atoms with E-state index in [2.05, 4.69) is 20.3 Å². The number of anilines is 1. The number of aromatic nitrogens is 3. The van der Waals surface area contributed by atoms with Crippen molar-refractivity contribution >= 4 is 22.4 Å². The van der Waals surface area contributed by atoms with Gasteiger partial charge in [-0.2, -0.15) is 0 Å². The molecule has 0 saturated carbocycles. The molecule has 4 rings (SSSR count). The third-order valence-electron chi connectivity index (χ3n) is 3.92. The summed E-state index contributed by atoms with van der Waals surface area (Å²) in [4.78, 5) is 6.55. The first-order chi connectivity index (χ1) is 11.7. The van der Waals surface area contributed by atoms with E-state index in [1.54, 1.807) is 10.7 Å². The van der Waals surface area contributed by atoms with E-state index < -0.39 is 0 Å². The lowest BCUT2D eigenvalue weighted by Gasteiger charge is -2.11. The lowest BCUT2D eigenvalue weighted by atomic mass is 10.2. The van der Waals surface area contributed by atoms with Crippen LogP contribution in [0.4, 0.5) is 5.82 Å². The molecule has 0 spiro atoms. The highest BCUT2D eigenvalue weighted by Crippen LogP contribution is 2.31. The van der Waals surface area contributed by atoms with Crippen LogP contribution in [0.2, 0.25) is 0 Å². The Labute approximate surface area is 139 Å². The number of likely N-dealkylation sites (N-methyl/N-ethyl adjacent to an activating group) is 1. The summed E-state index contributed by atoms with van der Waals surface area (Å²) in [6.07, 6.45) is 3.59. The maximum Gasteiger partial charge on any atom is 0.164 e. The van der Waals surface area contributed by atoms with Crippen LogP contribution in [-0.4, -0.2) is 46.7 Å². The predicted molar refractivity (Wildman–Crippen MR) is 95.2 cm³/mol. The second-order valence-electron chi connectivity index (χ2n) is 6.02. The molecule has 6 heteroatoms. The number of benzene rings is 1. The van der Waals surface area contributed by atoms with Crippen LogP contribution in [-0.2, 0) is 0 Å². The quantitative estimate of drug-likeness (QED) is 0.612. The molecule has 0 aliphatic heterocycles. The topological polar surface area (TPSA) is 58.6 Å². The second-order valence-corrected chi connectivity index (χ2v) is 6.02. The largest absolute Gasteiger partial charge is 0.456 e. The fourth-order valence-electron chi connectivity index (χ4n) is 2.71. The summed E-state index contributed by atoms with van der Waals surface area (Å²) in [5.41, 5.74) is 2.59. The van der Waals surface area contributed by atoms with Gasteiger partial charge in [0.05, 0.1) is 5.56 Å². The first kappa shape index (κ1) is 14.7. The van der Waals surface area contributed by atoms with Crippen LogP contribution in [0.5, 0.6) is 0 Å². The molecule has 0 unspecified atom stereocenters. The van der Waals surface area contributed by atoms with E-state index in [0.717, 1.165) is 46.8 Å². The molecule has 1 N–H and O–H groups in total. The number of para-hydroxylation sites is 1. The molecule has 6 nitrogen and oxygen atoms in total. The zero-order chi connectivity index (χ0) is 16.5. The van der Waals surface area contributed by atoms with Crippen molar-refractivity contribution in [2.24, 2.45) is 0 Å². The van der Waals surface area contributed by atoms with Crippen molar-refractivity contribution in [3.8, 4) is 11.3 Å². The van der Waals surface area contributed by atoms with Crippen LogP contribution in [0.3, 0.4) is 0 Å². The van der Waals surface area contributed by atoms with Gasteiger partial charge in [0.2, 0.25) is 0 Å². The van der Waals surface area contributed by atoms with Crippen molar-refractivity contribution in [3.63, 3.8) is 0 Å². The Bertz CT molecular complexity index is 952. The van der Waals surface area contributed by atoms with Crippen molar-refractivity contribution in [1.82, 2.24) is 19.5 Å². The maximum absolute atomic E-state index is 6.01. The van der Waals surface area contributed by atoms with Crippen molar-refractivity contribution in [3.05, 3.63) is 48.8 Å². The van der Waals surface area contributed by atoms with Crippen molar-refractivity contribution in [2.75, 3.05) is 32.5 Å². The number of furan rings is 1. The van der Waals surface area contributed by atoms with E-state index in [4.69, 9.17) is 4.42 Å². The summed E-state index contributed by atoms with van der Waals surface area (Å²) in [5.74, 6) is 1.60. The van der Waals surface area contributed by atoms with Crippen LogP contribution < -0.4 is 5.32 Å². The monoisotopic (exact) mass is 321 g/mol. The number of nitrogens with zero attached hydrogens (tertiary/aromatic N) is 4. The van der Waals surface area contributed by atoms with Crippen molar-refractivity contribution < 1.29 is 4.42 Å². The van der Waals surface area contributed by atoms with Gasteiger partial charge in [-0.05, 0) is 32.3 Å². The predicted octanol–water partition coefficient (Wildman–Crippen LogP) is 3.12. The fourth-order valence-corrected chi connectivity index (χ4v) is 2.71. The molecule has 0 amide bonds. The standard InChI is InChI=1S/C18H19N5O/c1-22(2)9-7-19-17-12-14(18-20-8-10-23(18)21-17)16-11-13-5-3-4-6-15(13)24-16/h3-6,8,10-12H,7,9H2,1-2H3,(H,19,21). The molecule has 0 aliphatic carbocycles. The number of hydrogen-bond acceptors (Lipinski definition) is 5. The number of fused-ring (bicyclic) bond motifs is 2. The number of imidazole rings is 1. The molecule has 3 aromatic heterocycles. The van der Waals surface area contributed by atoms with E-state index in [0.29, 0.717) is 0 Å². The van der Waals surface area contributed by atoms with Gasteiger partial charge in [-0.15, -0.1) is 5.10 Å². The zero-order valence-electron chi connectivity index (χ0n) is 13.7. The van der Waals surface area contributed by atoms with Gasteiger partial charge in [0, 0.05) is 30.9 Å². The molecule has 0 fully saturated rings. The van der Waals surface area contributed by atoms with Gasteiger partial charge in [0.15, 0.2) is 5.65 Å². The smallest absolute Gasteiger partial charge is 0.164 e. The summed E-state index contributed by atoms with van der Waals surface area (Å²) < 4.78 is 7.79. The van der Waals surface area contributed by atoms with Gasteiger partial charge in [0.25, 0.3) is 0 Å². The molecule has 0 bridgehead atoms. The molecule has 3 heterocycles. The summed E-state index contributed by atoms with van der Waals surface area (Å²) in [6.45, 7) is 1.75. The molecule has 24 heavy (non-hydrogen) atoms. The molecule has 0 saturated heterocycles. The summed E-state index contributed by atoms with van der Waals surface area (Å²) in [5, 5.41) is 8.99. The highest BCUT2D eigenvalue weighted by Gasteiger charge is 2.13. The van der Waals surface area contributed by atoms with Crippen LogP contribution in [0.25, 0.3) is 27.9 Å². The minimum absolute atomic E-state index is 0.784. The van der Waals surface area contributed by atoms with E-state index in [-0.39, 0.29) is 0 Å². The second kappa shape index (κ2) is 5.98. The van der Waals surface area contributed by atoms with Gasteiger partial charge in [-0.3, -0.25) is 0 Å². The third-order valence-corrected chi connectivity index (χ3v) is 3.92. The third kappa shape index (κ3) is 2.72. The van der Waals surface area contributed by atoms with Crippen LogP contribution in [0, 0.1) is 0 Å². The molecule has 0 aliphatic rings. The normalized spacial score (nSPS) is 11.6.